The smallest absolute Gasteiger partial charge is 0.208 e. The van der Waals surface area contributed by atoms with E-state index in [1.807, 2.05) is 0 Å². The highest BCUT2D eigenvalue weighted by Gasteiger charge is 2.26. The van der Waals surface area contributed by atoms with Crippen molar-refractivity contribution in [2.75, 3.05) is 0 Å². The lowest BCUT2D eigenvalue weighted by Gasteiger charge is -2.15. The Morgan fingerprint density at radius 1 is 0.429 bits per heavy atom. The summed E-state index contributed by atoms with van der Waals surface area (Å²) in [6.07, 6.45) is 0. The molecule has 3 rings (SSSR count). The van der Waals surface area contributed by atoms with E-state index < -0.39 is 62.9 Å². The maximum atomic E-state index is 10.1. The molecule has 0 saturated carbocycles. The number of hydrogen-bond donors (Lipinski definition) is 9. The fourth-order valence-corrected chi connectivity index (χ4v) is 2.98. The molecule has 0 spiro atoms. The lowest BCUT2D eigenvalue weighted by Crippen LogP contribution is -1.88. The lowest BCUT2D eigenvalue weighted by atomic mass is 9.95. The number of rotatable bonds is 2. The van der Waals surface area contributed by atoms with Crippen LogP contribution in [-0.4, -0.2) is 46.0 Å². The van der Waals surface area contributed by atoms with Crippen molar-refractivity contribution in [1.82, 2.24) is 0 Å². The Labute approximate surface area is 161 Å². The van der Waals surface area contributed by atoms with Gasteiger partial charge in [0.25, 0.3) is 0 Å². The topological polar surface area (TPSA) is 182 Å². The largest absolute Gasteiger partial charge is 0.504 e. The predicted molar refractivity (Wildman–Crippen MR) is 97.3 cm³/mol. The minimum atomic E-state index is -1.14. The SMILES string of the molecule is Oc1cc(O)c(O)c(-c2cc(Cl)cc(-c3c(O)c(O)c(O)c(O)c3O)c2)c1O. The summed E-state index contributed by atoms with van der Waals surface area (Å²) in [5.41, 5.74) is -1.09. The minimum absolute atomic E-state index is 0.0417. The van der Waals surface area contributed by atoms with Gasteiger partial charge in [-0.1, -0.05) is 11.6 Å². The molecule has 0 aliphatic heterocycles. The van der Waals surface area contributed by atoms with Crippen LogP contribution in [-0.2, 0) is 0 Å². The monoisotopic (exact) mass is 408 g/mol. The van der Waals surface area contributed by atoms with E-state index in [4.69, 9.17) is 11.6 Å². The minimum Gasteiger partial charge on any atom is -0.504 e. The van der Waals surface area contributed by atoms with Crippen molar-refractivity contribution in [2.24, 2.45) is 0 Å². The van der Waals surface area contributed by atoms with Crippen molar-refractivity contribution in [1.29, 1.82) is 0 Å². The maximum absolute atomic E-state index is 10.1. The molecule has 0 aliphatic rings. The van der Waals surface area contributed by atoms with E-state index in [2.05, 4.69) is 0 Å². The zero-order valence-electron chi connectivity index (χ0n) is 13.7. The molecule has 0 fully saturated rings. The molecule has 146 valence electrons. The molecular weight excluding hydrogens is 396 g/mol. The van der Waals surface area contributed by atoms with Gasteiger partial charge in [-0.25, -0.2) is 0 Å². The first-order chi connectivity index (χ1) is 13.0. The molecule has 10 heteroatoms. The van der Waals surface area contributed by atoms with Gasteiger partial charge in [-0.15, -0.1) is 0 Å². The molecule has 0 saturated heterocycles. The second kappa shape index (κ2) is 6.39. The number of benzene rings is 3. The number of phenols is 9. The second-order valence-electron chi connectivity index (χ2n) is 5.83. The van der Waals surface area contributed by atoms with Gasteiger partial charge in [0, 0.05) is 11.1 Å². The van der Waals surface area contributed by atoms with Gasteiger partial charge >= 0.3 is 0 Å². The van der Waals surface area contributed by atoms with Gasteiger partial charge < -0.3 is 46.0 Å². The third-order valence-corrected chi connectivity index (χ3v) is 4.30. The molecule has 0 unspecified atom stereocenters. The molecule has 0 aromatic heterocycles. The molecule has 9 N–H and O–H groups in total. The average Bonchev–Trinajstić information content (AvgIpc) is 2.63. The molecule has 3 aromatic rings. The van der Waals surface area contributed by atoms with E-state index in [0.29, 0.717) is 6.07 Å². The first-order valence-electron chi connectivity index (χ1n) is 7.51. The van der Waals surface area contributed by atoms with Crippen molar-refractivity contribution >= 4 is 11.6 Å². The highest BCUT2D eigenvalue weighted by molar-refractivity contribution is 6.31. The first kappa shape index (κ1) is 18.9. The van der Waals surface area contributed by atoms with Crippen molar-refractivity contribution in [3.05, 3.63) is 29.3 Å². The van der Waals surface area contributed by atoms with Crippen LogP contribution < -0.4 is 0 Å². The maximum Gasteiger partial charge on any atom is 0.208 e. The van der Waals surface area contributed by atoms with E-state index >= 15 is 0 Å². The predicted octanol–water partition coefficient (Wildman–Crippen LogP) is 3.02. The number of halogens is 1. The summed E-state index contributed by atoms with van der Waals surface area (Å²) in [6.45, 7) is 0. The molecule has 3 aromatic carbocycles. The van der Waals surface area contributed by atoms with E-state index in [1.54, 1.807) is 0 Å². The van der Waals surface area contributed by atoms with Crippen LogP contribution in [0, 0.1) is 0 Å². The third kappa shape index (κ3) is 2.74. The summed E-state index contributed by atoms with van der Waals surface area (Å²) < 4.78 is 0. The summed E-state index contributed by atoms with van der Waals surface area (Å²) in [4.78, 5) is 0. The standard InChI is InChI=1S/C18H13ClO9/c19-7-2-5(10-12(22)8(20)4-9(21)13(10)23)1-6(3-7)11-14(24)16(26)18(28)17(27)15(11)25/h1-4,20-28H. The van der Waals surface area contributed by atoms with Crippen LogP contribution in [0.4, 0.5) is 0 Å². The molecule has 0 amide bonds. The summed E-state index contributed by atoms with van der Waals surface area (Å²) in [5.74, 6) is -8.35. The van der Waals surface area contributed by atoms with Crippen molar-refractivity contribution in [3.8, 4) is 74.0 Å². The Kier molecular flexibility index (Phi) is 4.32. The molecular formula is C18H13ClO9. The van der Waals surface area contributed by atoms with E-state index in [1.165, 1.54) is 12.1 Å². The van der Waals surface area contributed by atoms with E-state index in [-0.39, 0.29) is 16.1 Å². The van der Waals surface area contributed by atoms with Crippen LogP contribution in [0.5, 0.6) is 51.7 Å². The lowest BCUT2D eigenvalue weighted by molar-refractivity contribution is 0.330. The summed E-state index contributed by atoms with van der Waals surface area (Å²) in [6, 6.07) is 4.30. The van der Waals surface area contributed by atoms with Crippen molar-refractivity contribution in [3.63, 3.8) is 0 Å². The number of phenolic OH excluding ortho intramolecular Hbond substituents is 9. The molecule has 0 heterocycles. The van der Waals surface area contributed by atoms with Gasteiger partial charge in [0.05, 0.1) is 11.1 Å². The molecule has 0 aliphatic carbocycles. The molecule has 9 nitrogen and oxygen atoms in total. The quantitative estimate of drug-likeness (QED) is 0.227. The summed E-state index contributed by atoms with van der Waals surface area (Å²) in [7, 11) is 0. The number of aromatic hydroxyl groups is 9. The normalized spacial score (nSPS) is 10.9. The Morgan fingerprint density at radius 3 is 1.21 bits per heavy atom. The zero-order chi connectivity index (χ0) is 20.9. The third-order valence-electron chi connectivity index (χ3n) is 4.08. The molecule has 0 radical (unpaired) electrons. The fraction of sp³-hybridized carbons (Fsp3) is 0. The Bertz CT molecular complexity index is 1070. The van der Waals surface area contributed by atoms with Crippen LogP contribution >= 0.6 is 11.6 Å². The van der Waals surface area contributed by atoms with Gasteiger partial charge in [-0.05, 0) is 29.3 Å². The Hall–Kier alpha value is -3.85. The number of hydrogen-bond acceptors (Lipinski definition) is 9. The van der Waals surface area contributed by atoms with E-state index in [0.717, 1.165) is 6.07 Å². The highest BCUT2D eigenvalue weighted by Crippen LogP contribution is 2.56. The van der Waals surface area contributed by atoms with Crippen LogP contribution in [0.15, 0.2) is 24.3 Å². The molecule has 0 atom stereocenters. The van der Waals surface area contributed by atoms with Crippen LogP contribution in [0.1, 0.15) is 0 Å². The zero-order valence-corrected chi connectivity index (χ0v) is 14.5. The summed E-state index contributed by atoms with van der Waals surface area (Å²) in [5, 5.41) is 88.6. The Balaban J connectivity index is 2.36. The van der Waals surface area contributed by atoms with Crippen molar-refractivity contribution < 1.29 is 46.0 Å². The van der Waals surface area contributed by atoms with Crippen LogP contribution in [0.3, 0.4) is 0 Å². The van der Waals surface area contributed by atoms with Gasteiger partial charge in [-0.2, -0.15) is 0 Å². The van der Waals surface area contributed by atoms with Crippen LogP contribution in [0.2, 0.25) is 5.02 Å². The van der Waals surface area contributed by atoms with Crippen molar-refractivity contribution in [2.45, 2.75) is 0 Å². The molecule has 0 bridgehead atoms. The highest BCUT2D eigenvalue weighted by atomic mass is 35.5. The summed E-state index contributed by atoms with van der Waals surface area (Å²) >= 11 is 6.02. The average molecular weight is 409 g/mol. The first-order valence-corrected chi connectivity index (χ1v) is 7.89. The van der Waals surface area contributed by atoms with Gasteiger partial charge in [-0.3, -0.25) is 0 Å². The van der Waals surface area contributed by atoms with Gasteiger partial charge in [0.2, 0.25) is 17.2 Å². The Morgan fingerprint density at radius 2 is 0.786 bits per heavy atom. The fourth-order valence-electron chi connectivity index (χ4n) is 2.75. The van der Waals surface area contributed by atoms with Gasteiger partial charge in [0.1, 0.15) is 0 Å². The van der Waals surface area contributed by atoms with E-state index in [9.17, 15) is 46.0 Å². The molecule has 28 heavy (non-hydrogen) atoms. The van der Waals surface area contributed by atoms with Gasteiger partial charge in [0.15, 0.2) is 34.5 Å². The second-order valence-corrected chi connectivity index (χ2v) is 6.27. The van der Waals surface area contributed by atoms with Crippen LogP contribution in [0.25, 0.3) is 22.3 Å².